The van der Waals surface area contributed by atoms with E-state index in [1.165, 1.54) is 0 Å². The fourth-order valence-corrected chi connectivity index (χ4v) is 3.32. The van der Waals surface area contributed by atoms with E-state index < -0.39 is 17.8 Å². The molecule has 2 bridgehead atoms. The Kier molecular flexibility index (Phi) is 3.08. The molecule has 0 saturated heterocycles. The van der Waals surface area contributed by atoms with Crippen molar-refractivity contribution >= 4 is 17.7 Å². The predicted octanol–water partition coefficient (Wildman–Crippen LogP) is 1.83. The molecular formula is C14H16N2O4. The normalized spacial score (nSPS) is 31.2. The van der Waals surface area contributed by atoms with E-state index in [-0.39, 0.29) is 17.7 Å². The smallest absolute Gasteiger partial charge is 0.307 e. The van der Waals surface area contributed by atoms with Crippen LogP contribution >= 0.6 is 0 Å². The van der Waals surface area contributed by atoms with E-state index >= 15 is 0 Å². The second kappa shape index (κ2) is 4.77. The molecule has 20 heavy (non-hydrogen) atoms. The van der Waals surface area contributed by atoms with Crippen molar-refractivity contribution in [3.8, 4) is 0 Å². The first-order chi connectivity index (χ1) is 9.56. The van der Waals surface area contributed by atoms with Crippen molar-refractivity contribution in [3.05, 3.63) is 24.0 Å². The molecule has 0 aliphatic heterocycles. The molecule has 1 heterocycles. The molecule has 0 unspecified atom stereocenters. The molecule has 6 nitrogen and oxygen atoms in total. The second-order valence-electron chi connectivity index (χ2n) is 5.49. The Hall–Kier alpha value is -2.11. The van der Waals surface area contributed by atoms with Crippen LogP contribution in [0.15, 0.2) is 22.7 Å². The first-order valence-electron chi connectivity index (χ1n) is 6.71. The van der Waals surface area contributed by atoms with Gasteiger partial charge in [-0.05, 0) is 31.6 Å². The highest BCUT2D eigenvalue weighted by atomic mass is 16.5. The van der Waals surface area contributed by atoms with Crippen molar-refractivity contribution in [3.63, 3.8) is 0 Å². The maximum atomic E-state index is 12.4. The van der Waals surface area contributed by atoms with Crippen molar-refractivity contribution in [2.24, 2.45) is 23.7 Å². The zero-order chi connectivity index (χ0) is 14.3. The minimum Gasteiger partial charge on any atom is -0.481 e. The molecule has 0 spiro atoms. The summed E-state index contributed by atoms with van der Waals surface area (Å²) in [6.07, 6.45) is 5.62. The molecule has 0 aromatic carbocycles. The number of hydrogen-bond acceptors (Lipinski definition) is 4. The number of fused-ring (bicyclic) bond motifs is 2. The zero-order valence-electron chi connectivity index (χ0n) is 11.1. The first kappa shape index (κ1) is 12.9. The second-order valence-corrected chi connectivity index (χ2v) is 5.49. The van der Waals surface area contributed by atoms with E-state index in [9.17, 15) is 14.7 Å². The summed E-state index contributed by atoms with van der Waals surface area (Å²) in [5, 5.41) is 15.8. The third kappa shape index (κ3) is 2.11. The van der Waals surface area contributed by atoms with Crippen molar-refractivity contribution in [1.29, 1.82) is 0 Å². The topological polar surface area (TPSA) is 92.4 Å². The fourth-order valence-electron chi connectivity index (χ4n) is 3.32. The standard InChI is InChI=1S/C14H16N2O4/c1-7-6-10(16-20-7)15-13(17)11-8-2-4-9(5-3-8)12(11)14(18)19/h2,4,6,8-9,11-12H,3,5H2,1H3,(H,18,19)(H,15,16,17)/t8-,9+,11+,12+/m1/s1. The van der Waals surface area contributed by atoms with Crippen LogP contribution in [-0.4, -0.2) is 22.1 Å². The van der Waals surface area contributed by atoms with E-state index in [4.69, 9.17) is 4.52 Å². The van der Waals surface area contributed by atoms with Gasteiger partial charge in [-0.1, -0.05) is 17.3 Å². The number of anilines is 1. The fraction of sp³-hybridized carbons (Fsp3) is 0.500. The third-order valence-electron chi connectivity index (χ3n) is 4.22. The number of aryl methyl sites for hydroxylation is 1. The highest BCUT2D eigenvalue weighted by Gasteiger charge is 2.48. The molecule has 0 radical (unpaired) electrons. The van der Waals surface area contributed by atoms with Gasteiger partial charge in [0.2, 0.25) is 5.91 Å². The van der Waals surface area contributed by atoms with Crippen LogP contribution < -0.4 is 5.32 Å². The molecular weight excluding hydrogens is 260 g/mol. The highest BCUT2D eigenvalue weighted by molar-refractivity contribution is 5.95. The molecule has 3 aliphatic rings. The number of carboxylic acid groups (broad SMARTS) is 1. The van der Waals surface area contributed by atoms with Gasteiger partial charge in [-0.2, -0.15) is 0 Å². The van der Waals surface area contributed by atoms with Gasteiger partial charge in [0.1, 0.15) is 5.76 Å². The number of nitrogens with one attached hydrogen (secondary N) is 1. The predicted molar refractivity (Wildman–Crippen MR) is 69.8 cm³/mol. The van der Waals surface area contributed by atoms with Gasteiger partial charge in [0.15, 0.2) is 5.82 Å². The first-order valence-corrected chi connectivity index (χ1v) is 6.71. The molecule has 2 N–H and O–H groups in total. The Labute approximate surface area is 115 Å². The van der Waals surface area contributed by atoms with Crippen LogP contribution in [0.4, 0.5) is 5.82 Å². The number of aromatic nitrogens is 1. The Morgan fingerprint density at radius 3 is 2.45 bits per heavy atom. The zero-order valence-corrected chi connectivity index (χ0v) is 11.1. The molecule has 106 valence electrons. The van der Waals surface area contributed by atoms with Gasteiger partial charge in [-0.25, -0.2) is 0 Å². The van der Waals surface area contributed by atoms with Crippen molar-refractivity contribution < 1.29 is 19.2 Å². The lowest BCUT2D eigenvalue weighted by atomic mass is 9.62. The monoisotopic (exact) mass is 276 g/mol. The average molecular weight is 276 g/mol. The molecule has 3 aliphatic carbocycles. The molecule has 1 saturated carbocycles. The van der Waals surface area contributed by atoms with Crippen LogP contribution in [0, 0.1) is 30.6 Å². The summed E-state index contributed by atoms with van der Waals surface area (Å²) in [5.74, 6) is -1.49. The summed E-state index contributed by atoms with van der Waals surface area (Å²) in [5.41, 5.74) is 0. The van der Waals surface area contributed by atoms with E-state index in [0.717, 1.165) is 12.8 Å². The lowest BCUT2D eigenvalue weighted by Crippen LogP contribution is -2.47. The number of rotatable bonds is 3. The highest BCUT2D eigenvalue weighted by Crippen LogP contribution is 2.45. The lowest BCUT2D eigenvalue weighted by Gasteiger charge is -2.41. The number of aliphatic carboxylic acids is 1. The maximum Gasteiger partial charge on any atom is 0.307 e. The lowest BCUT2D eigenvalue weighted by molar-refractivity contribution is -0.151. The van der Waals surface area contributed by atoms with Gasteiger partial charge in [-0.3, -0.25) is 9.59 Å². The van der Waals surface area contributed by atoms with E-state index in [0.29, 0.717) is 11.6 Å². The van der Waals surface area contributed by atoms with Gasteiger partial charge in [0.25, 0.3) is 0 Å². The van der Waals surface area contributed by atoms with Crippen molar-refractivity contribution in [1.82, 2.24) is 5.16 Å². The van der Waals surface area contributed by atoms with Crippen molar-refractivity contribution in [2.45, 2.75) is 19.8 Å². The molecule has 4 rings (SSSR count). The SMILES string of the molecule is Cc1cc(NC(=O)[C@@H]2[C@@H](C(=O)O)[C@H]3C=C[C@@H]2CC3)no1. The number of nitrogens with zero attached hydrogens (tertiary/aromatic N) is 1. The molecule has 1 fully saturated rings. The summed E-state index contributed by atoms with van der Waals surface area (Å²) in [7, 11) is 0. The van der Waals surface area contributed by atoms with Crippen LogP contribution in [-0.2, 0) is 9.59 Å². The van der Waals surface area contributed by atoms with Crippen LogP contribution in [0.2, 0.25) is 0 Å². The summed E-state index contributed by atoms with van der Waals surface area (Å²) < 4.78 is 4.89. The van der Waals surface area contributed by atoms with Gasteiger partial charge < -0.3 is 14.9 Å². The number of carbonyl (C=O) groups is 2. The van der Waals surface area contributed by atoms with E-state index in [1.54, 1.807) is 13.0 Å². The maximum absolute atomic E-state index is 12.4. The third-order valence-corrected chi connectivity index (χ3v) is 4.22. The Balaban J connectivity index is 1.82. The van der Waals surface area contributed by atoms with E-state index in [1.807, 2.05) is 12.2 Å². The van der Waals surface area contributed by atoms with Gasteiger partial charge in [0.05, 0.1) is 11.8 Å². The van der Waals surface area contributed by atoms with Crippen LogP contribution in [0.25, 0.3) is 0 Å². The average Bonchev–Trinajstić information content (AvgIpc) is 2.84. The number of allylic oxidation sites excluding steroid dienone is 2. The van der Waals surface area contributed by atoms with Crippen LogP contribution in [0.1, 0.15) is 18.6 Å². The van der Waals surface area contributed by atoms with Crippen molar-refractivity contribution in [2.75, 3.05) is 5.32 Å². The molecule has 1 aromatic rings. The largest absolute Gasteiger partial charge is 0.481 e. The Bertz CT molecular complexity index is 577. The Morgan fingerprint density at radius 2 is 1.95 bits per heavy atom. The minimum absolute atomic E-state index is 0.00546. The number of carbonyl (C=O) groups excluding carboxylic acids is 1. The Morgan fingerprint density at radius 1 is 1.30 bits per heavy atom. The number of carboxylic acids is 1. The van der Waals surface area contributed by atoms with Crippen LogP contribution in [0.5, 0.6) is 0 Å². The summed E-state index contributed by atoms with van der Waals surface area (Å²) in [4.78, 5) is 23.9. The van der Waals surface area contributed by atoms with Crippen LogP contribution in [0.3, 0.4) is 0 Å². The van der Waals surface area contributed by atoms with Gasteiger partial charge in [0, 0.05) is 6.07 Å². The number of hydrogen-bond donors (Lipinski definition) is 2. The van der Waals surface area contributed by atoms with Gasteiger partial charge >= 0.3 is 5.97 Å². The quantitative estimate of drug-likeness (QED) is 0.822. The van der Waals surface area contributed by atoms with E-state index in [2.05, 4.69) is 10.5 Å². The summed E-state index contributed by atoms with van der Waals surface area (Å²) in [6.45, 7) is 1.73. The minimum atomic E-state index is -0.902. The summed E-state index contributed by atoms with van der Waals surface area (Å²) in [6, 6.07) is 1.62. The number of amides is 1. The molecule has 1 amide bonds. The molecule has 6 heteroatoms. The molecule has 1 aromatic heterocycles. The summed E-state index contributed by atoms with van der Waals surface area (Å²) >= 11 is 0. The molecule has 4 atom stereocenters. The van der Waals surface area contributed by atoms with Gasteiger partial charge in [-0.15, -0.1) is 0 Å².